The van der Waals surface area contributed by atoms with E-state index in [9.17, 15) is 9.90 Å². The molecule has 2 unspecified atom stereocenters. The van der Waals surface area contributed by atoms with Crippen molar-refractivity contribution in [2.75, 3.05) is 18.5 Å². The number of benzene rings is 1. The molecule has 1 aromatic carbocycles. The number of amides is 2. The van der Waals surface area contributed by atoms with Crippen molar-refractivity contribution in [2.45, 2.75) is 26.2 Å². The summed E-state index contributed by atoms with van der Waals surface area (Å²) in [6.45, 7) is 4.15. The van der Waals surface area contributed by atoms with E-state index in [1.807, 2.05) is 50.3 Å². The van der Waals surface area contributed by atoms with Crippen molar-refractivity contribution in [3.8, 4) is 5.75 Å². The van der Waals surface area contributed by atoms with Crippen LogP contribution in [-0.2, 0) is 0 Å². The van der Waals surface area contributed by atoms with Crippen LogP contribution in [0.15, 0.2) is 36.4 Å². The molecule has 1 aliphatic heterocycles. The molecule has 2 aromatic rings. The van der Waals surface area contributed by atoms with Crippen LogP contribution in [0.1, 0.15) is 23.6 Å². The summed E-state index contributed by atoms with van der Waals surface area (Å²) in [6.07, 6.45) is 2.42. The number of anilines is 1. The van der Waals surface area contributed by atoms with Gasteiger partial charge in [0.2, 0.25) is 5.13 Å². The van der Waals surface area contributed by atoms with Gasteiger partial charge in [0.25, 0.3) is 0 Å². The van der Waals surface area contributed by atoms with E-state index in [-0.39, 0.29) is 12.6 Å². The van der Waals surface area contributed by atoms with Gasteiger partial charge in [-0.1, -0.05) is 35.1 Å². The van der Waals surface area contributed by atoms with Gasteiger partial charge in [0.05, 0.1) is 6.54 Å². The highest BCUT2D eigenvalue weighted by Gasteiger charge is 2.37. The van der Waals surface area contributed by atoms with E-state index < -0.39 is 12.3 Å². The lowest BCUT2D eigenvalue weighted by Gasteiger charge is -2.15. The van der Waals surface area contributed by atoms with Crippen molar-refractivity contribution >= 4 is 22.5 Å². The molecular formula is C17H20N4O3S. The lowest BCUT2D eigenvalue weighted by molar-refractivity contribution is 0.183. The number of aliphatic hydroxyl groups is 1. The summed E-state index contributed by atoms with van der Waals surface area (Å²) in [7, 11) is 1.64. The van der Waals surface area contributed by atoms with Crippen LogP contribution in [0, 0.1) is 6.92 Å². The fourth-order valence-electron chi connectivity index (χ4n) is 2.47. The zero-order chi connectivity index (χ0) is 18.0. The fraction of sp³-hybridized carbons (Fsp3) is 0.353. The second-order valence-corrected chi connectivity index (χ2v) is 6.80. The topological polar surface area (TPSA) is 78.8 Å². The van der Waals surface area contributed by atoms with E-state index >= 15 is 0 Å². The number of rotatable bonds is 5. The Bertz CT molecular complexity index is 774. The molecule has 1 aliphatic rings. The minimum Gasteiger partial charge on any atom is -0.479 e. The molecule has 3 rings (SSSR count). The van der Waals surface area contributed by atoms with Gasteiger partial charge >= 0.3 is 6.03 Å². The normalized spacial score (nSPS) is 19.0. The Morgan fingerprint density at radius 1 is 1.36 bits per heavy atom. The molecule has 1 fully saturated rings. The number of β-amino-alcohol motifs (C(OH)–C–C–N with tert-alkyl or cyclic N) is 1. The van der Waals surface area contributed by atoms with E-state index in [0.717, 1.165) is 11.3 Å². The average Bonchev–Trinajstić information content (AvgIpc) is 3.14. The first-order chi connectivity index (χ1) is 12.0. The van der Waals surface area contributed by atoms with Gasteiger partial charge in [-0.05, 0) is 32.1 Å². The Hall–Kier alpha value is -2.45. The number of aliphatic hydroxyl groups excluding tert-OH is 1. The lowest BCUT2D eigenvalue weighted by Crippen LogP contribution is -2.34. The van der Waals surface area contributed by atoms with Gasteiger partial charge < -0.3 is 14.7 Å². The third-order valence-electron chi connectivity index (χ3n) is 3.80. The van der Waals surface area contributed by atoms with Gasteiger partial charge in [-0.25, -0.2) is 9.69 Å². The number of carbonyl (C=O) groups is 1. The number of aromatic nitrogens is 2. The van der Waals surface area contributed by atoms with Crippen LogP contribution in [0.25, 0.3) is 0 Å². The number of likely N-dealkylation sites (N-methyl/N-ethyl adjacent to an activating group) is 1. The van der Waals surface area contributed by atoms with Gasteiger partial charge in [0.1, 0.15) is 5.75 Å². The maximum Gasteiger partial charge on any atom is 0.328 e. The lowest BCUT2D eigenvalue weighted by atomic mass is 10.2. The van der Waals surface area contributed by atoms with Crippen molar-refractivity contribution in [3.05, 3.63) is 47.0 Å². The van der Waals surface area contributed by atoms with Gasteiger partial charge in [-0.3, -0.25) is 0 Å². The molecule has 1 aromatic heterocycles. The van der Waals surface area contributed by atoms with Crippen LogP contribution in [0.4, 0.5) is 9.93 Å². The van der Waals surface area contributed by atoms with Crippen molar-refractivity contribution < 1.29 is 14.6 Å². The quantitative estimate of drug-likeness (QED) is 0.830. The molecule has 8 heteroatoms. The smallest absolute Gasteiger partial charge is 0.328 e. The average molecular weight is 360 g/mol. The highest BCUT2D eigenvalue weighted by molar-refractivity contribution is 7.15. The molecule has 7 nitrogen and oxygen atoms in total. The maximum atomic E-state index is 12.1. The summed E-state index contributed by atoms with van der Waals surface area (Å²) in [6, 6.07) is 7.45. The van der Waals surface area contributed by atoms with Crippen LogP contribution in [-0.4, -0.2) is 46.1 Å². The van der Waals surface area contributed by atoms with Crippen LogP contribution in [0.3, 0.4) is 0 Å². The third-order valence-corrected chi connectivity index (χ3v) is 4.78. The summed E-state index contributed by atoms with van der Waals surface area (Å²) in [5, 5.41) is 19.2. The molecule has 2 amide bonds. The summed E-state index contributed by atoms with van der Waals surface area (Å²) < 4.78 is 5.99. The number of nitrogens with zero attached hydrogens (tertiary/aromatic N) is 4. The van der Waals surface area contributed by atoms with Crippen molar-refractivity contribution in [1.29, 1.82) is 0 Å². The second-order valence-electron chi connectivity index (χ2n) is 5.81. The number of allylic oxidation sites excluding steroid dienone is 1. The third kappa shape index (κ3) is 3.64. The maximum absolute atomic E-state index is 12.1. The first-order valence-electron chi connectivity index (χ1n) is 7.91. The minimum absolute atomic E-state index is 0.242. The summed E-state index contributed by atoms with van der Waals surface area (Å²) >= 11 is 1.23. The summed E-state index contributed by atoms with van der Waals surface area (Å²) in [5.41, 5.74) is 1.15. The molecule has 132 valence electrons. The molecule has 0 bridgehead atoms. The largest absolute Gasteiger partial charge is 0.479 e. The number of hydrogen-bond acceptors (Lipinski definition) is 6. The Morgan fingerprint density at radius 3 is 2.68 bits per heavy atom. The van der Waals surface area contributed by atoms with E-state index in [1.165, 1.54) is 21.1 Å². The molecule has 25 heavy (non-hydrogen) atoms. The Labute approximate surface area is 150 Å². The van der Waals surface area contributed by atoms with E-state index in [1.54, 1.807) is 7.05 Å². The van der Waals surface area contributed by atoms with Crippen LogP contribution in [0.5, 0.6) is 5.75 Å². The number of aryl methyl sites for hydroxylation is 1. The van der Waals surface area contributed by atoms with E-state index in [0.29, 0.717) is 10.1 Å². The molecule has 1 saturated heterocycles. The molecule has 2 atom stereocenters. The summed E-state index contributed by atoms with van der Waals surface area (Å²) in [5.74, 6) is 0.725. The Kier molecular flexibility index (Phi) is 5.00. The van der Waals surface area contributed by atoms with Crippen LogP contribution >= 0.6 is 11.3 Å². The van der Waals surface area contributed by atoms with Gasteiger partial charge in [-0.15, -0.1) is 10.2 Å². The first-order valence-corrected chi connectivity index (χ1v) is 8.73. The van der Waals surface area contributed by atoms with Gasteiger partial charge in [0, 0.05) is 7.05 Å². The fourth-order valence-corrected chi connectivity index (χ4v) is 3.37. The zero-order valence-corrected chi connectivity index (χ0v) is 15.1. The van der Waals surface area contributed by atoms with Crippen LogP contribution < -0.4 is 9.64 Å². The van der Waals surface area contributed by atoms with Gasteiger partial charge in [0.15, 0.2) is 17.3 Å². The zero-order valence-electron chi connectivity index (χ0n) is 14.3. The number of carbonyl (C=O) groups excluding carboxylic acids is 1. The van der Waals surface area contributed by atoms with Crippen molar-refractivity contribution in [1.82, 2.24) is 15.1 Å². The van der Waals surface area contributed by atoms with E-state index in [2.05, 4.69) is 10.2 Å². The second kappa shape index (κ2) is 7.20. The molecule has 2 heterocycles. The molecule has 0 radical (unpaired) electrons. The van der Waals surface area contributed by atoms with E-state index in [4.69, 9.17) is 4.74 Å². The highest BCUT2D eigenvalue weighted by atomic mass is 32.1. The Morgan fingerprint density at radius 2 is 2.08 bits per heavy atom. The Balaban J connectivity index is 1.82. The molecule has 0 spiro atoms. The number of ether oxygens (including phenoxy) is 1. The van der Waals surface area contributed by atoms with Crippen molar-refractivity contribution in [3.63, 3.8) is 0 Å². The predicted octanol–water partition coefficient (Wildman–Crippen LogP) is 2.73. The molecule has 0 saturated carbocycles. The number of urea groups is 1. The molecule has 1 N–H and O–H groups in total. The predicted molar refractivity (Wildman–Crippen MR) is 95.8 cm³/mol. The SMILES string of the molecule is C/C=C/C(Oc1ccc(C)cc1)c1nnc(N2C(=O)N(C)CC2O)s1. The number of hydrogen-bond donors (Lipinski definition) is 1. The van der Waals surface area contributed by atoms with Crippen LogP contribution in [0.2, 0.25) is 0 Å². The standard InChI is InChI=1S/C17H20N4O3S/c1-4-5-13(24-12-8-6-11(2)7-9-12)15-18-19-16(25-15)21-14(22)10-20(3)17(21)23/h4-9,13-14,22H,10H2,1-3H3/b5-4+. The monoisotopic (exact) mass is 360 g/mol. The minimum atomic E-state index is -0.920. The first kappa shape index (κ1) is 17.4. The molecular weight excluding hydrogens is 340 g/mol. The summed E-state index contributed by atoms with van der Waals surface area (Å²) in [4.78, 5) is 14.8. The van der Waals surface area contributed by atoms with Gasteiger partial charge in [-0.2, -0.15) is 0 Å². The highest BCUT2D eigenvalue weighted by Crippen LogP contribution is 2.32. The van der Waals surface area contributed by atoms with Crippen molar-refractivity contribution in [2.24, 2.45) is 0 Å². The molecule has 0 aliphatic carbocycles.